The van der Waals surface area contributed by atoms with Gasteiger partial charge in [0.1, 0.15) is 10.7 Å². The fourth-order valence-corrected chi connectivity index (χ4v) is 3.02. The van der Waals surface area contributed by atoms with Gasteiger partial charge in [-0.1, -0.05) is 13.8 Å². The number of nitrogens with zero attached hydrogens (tertiary/aromatic N) is 1. The van der Waals surface area contributed by atoms with E-state index >= 15 is 0 Å². The first-order valence-corrected chi connectivity index (χ1v) is 8.70. The van der Waals surface area contributed by atoms with Crippen molar-refractivity contribution in [2.75, 3.05) is 18.1 Å². The molecule has 6 nitrogen and oxygen atoms in total. The molecule has 1 heterocycles. The quantitative estimate of drug-likeness (QED) is 0.762. The molecule has 0 saturated heterocycles. The van der Waals surface area contributed by atoms with Crippen molar-refractivity contribution in [1.82, 2.24) is 4.98 Å². The van der Waals surface area contributed by atoms with E-state index in [1.54, 1.807) is 6.07 Å². The molecule has 0 radical (unpaired) electrons. The maximum absolute atomic E-state index is 11.7. The Balaban J connectivity index is 2.83. The van der Waals surface area contributed by atoms with Crippen molar-refractivity contribution in [1.29, 1.82) is 0 Å². The first-order chi connectivity index (χ1) is 9.70. The standard InChI is InChI=1S/C14H22N2O4S/c1-10(2)7-11(8-13(17)18)9-16-14-12(21(3,19)20)5-4-6-15-14/h4-6,10-11H,7-9H2,1-3H3,(H,15,16)(H,17,18). The lowest BCUT2D eigenvalue weighted by Crippen LogP contribution is -2.21. The Bertz CT molecular complexity index is 584. The normalized spacial score (nSPS) is 13.1. The Morgan fingerprint density at radius 2 is 2.10 bits per heavy atom. The van der Waals surface area contributed by atoms with Crippen LogP contribution in [0.25, 0.3) is 0 Å². The molecule has 0 aliphatic heterocycles. The third-order valence-corrected chi connectivity index (χ3v) is 4.12. The van der Waals surface area contributed by atoms with Crippen LogP contribution in [0.3, 0.4) is 0 Å². The molecule has 0 aliphatic carbocycles. The van der Waals surface area contributed by atoms with Gasteiger partial charge in [0.05, 0.1) is 0 Å². The van der Waals surface area contributed by atoms with Crippen LogP contribution in [0.15, 0.2) is 23.2 Å². The Hall–Kier alpha value is -1.63. The highest BCUT2D eigenvalue weighted by molar-refractivity contribution is 7.90. The zero-order chi connectivity index (χ0) is 16.0. The van der Waals surface area contributed by atoms with Crippen molar-refractivity contribution in [3.05, 3.63) is 18.3 Å². The van der Waals surface area contributed by atoms with E-state index in [-0.39, 0.29) is 23.1 Å². The molecular formula is C14H22N2O4S. The van der Waals surface area contributed by atoms with E-state index in [1.165, 1.54) is 12.3 Å². The molecule has 0 amide bonds. The van der Waals surface area contributed by atoms with Crippen LogP contribution < -0.4 is 5.32 Å². The summed E-state index contributed by atoms with van der Waals surface area (Å²) in [5.41, 5.74) is 0. The zero-order valence-electron chi connectivity index (χ0n) is 12.5. The minimum absolute atomic E-state index is 0.0478. The fraction of sp³-hybridized carbons (Fsp3) is 0.571. The van der Waals surface area contributed by atoms with Crippen molar-refractivity contribution in [2.24, 2.45) is 11.8 Å². The lowest BCUT2D eigenvalue weighted by atomic mass is 9.94. The summed E-state index contributed by atoms with van der Waals surface area (Å²) < 4.78 is 23.4. The summed E-state index contributed by atoms with van der Waals surface area (Å²) in [7, 11) is -3.37. The van der Waals surface area contributed by atoms with Gasteiger partial charge in [-0.05, 0) is 30.4 Å². The Kier molecular flexibility index (Phi) is 6.14. The number of nitrogens with one attached hydrogen (secondary N) is 1. The molecule has 0 saturated carbocycles. The second-order valence-electron chi connectivity index (χ2n) is 5.60. The van der Waals surface area contributed by atoms with E-state index in [0.29, 0.717) is 12.5 Å². The van der Waals surface area contributed by atoms with Crippen molar-refractivity contribution >= 4 is 21.6 Å². The number of hydrogen-bond donors (Lipinski definition) is 2. The van der Waals surface area contributed by atoms with Crippen molar-refractivity contribution < 1.29 is 18.3 Å². The third-order valence-electron chi connectivity index (χ3n) is 3.00. The molecule has 21 heavy (non-hydrogen) atoms. The minimum atomic E-state index is -3.37. The van der Waals surface area contributed by atoms with Crippen molar-refractivity contribution in [2.45, 2.75) is 31.6 Å². The fourth-order valence-electron chi connectivity index (χ4n) is 2.22. The van der Waals surface area contributed by atoms with E-state index in [9.17, 15) is 13.2 Å². The van der Waals surface area contributed by atoms with Crippen LogP contribution in [-0.2, 0) is 14.6 Å². The highest BCUT2D eigenvalue weighted by atomic mass is 32.2. The second-order valence-corrected chi connectivity index (χ2v) is 7.58. The van der Waals surface area contributed by atoms with E-state index in [2.05, 4.69) is 10.3 Å². The van der Waals surface area contributed by atoms with Crippen LogP contribution in [0.2, 0.25) is 0 Å². The molecule has 1 aromatic rings. The number of carbonyl (C=O) groups is 1. The summed E-state index contributed by atoms with van der Waals surface area (Å²) in [6, 6.07) is 3.05. The predicted molar refractivity (Wildman–Crippen MR) is 81.0 cm³/mol. The minimum Gasteiger partial charge on any atom is -0.481 e. The summed E-state index contributed by atoms with van der Waals surface area (Å²) >= 11 is 0. The van der Waals surface area contributed by atoms with Gasteiger partial charge in [0.15, 0.2) is 9.84 Å². The SMILES string of the molecule is CC(C)CC(CNc1ncccc1S(C)(=O)=O)CC(=O)O. The van der Waals surface area contributed by atoms with E-state index in [4.69, 9.17) is 5.11 Å². The lowest BCUT2D eigenvalue weighted by Gasteiger charge is -2.19. The molecule has 1 aromatic heterocycles. The molecule has 0 bridgehead atoms. The topological polar surface area (TPSA) is 96.4 Å². The molecule has 0 aliphatic rings. The average Bonchev–Trinajstić information content (AvgIpc) is 2.34. The van der Waals surface area contributed by atoms with Crippen LogP contribution in [0.4, 0.5) is 5.82 Å². The van der Waals surface area contributed by atoms with Crippen molar-refractivity contribution in [3.8, 4) is 0 Å². The number of hydrogen-bond acceptors (Lipinski definition) is 5. The third kappa shape index (κ3) is 6.12. The average molecular weight is 314 g/mol. The predicted octanol–water partition coefficient (Wildman–Crippen LogP) is 2.03. The van der Waals surface area contributed by atoms with E-state index in [1.807, 2.05) is 13.8 Å². The summed E-state index contributed by atoms with van der Waals surface area (Å²) in [4.78, 5) is 15.1. The number of aliphatic carboxylic acids is 1. The van der Waals surface area contributed by atoms with Gasteiger partial charge in [-0.2, -0.15) is 0 Å². The molecule has 118 valence electrons. The van der Waals surface area contributed by atoms with Crippen LogP contribution in [-0.4, -0.2) is 37.3 Å². The summed E-state index contributed by atoms with van der Waals surface area (Å²) in [6.07, 6.45) is 3.43. The van der Waals surface area contributed by atoms with E-state index in [0.717, 1.165) is 12.7 Å². The Morgan fingerprint density at radius 3 is 2.62 bits per heavy atom. The smallest absolute Gasteiger partial charge is 0.303 e. The van der Waals surface area contributed by atoms with Gasteiger partial charge in [0.25, 0.3) is 0 Å². The number of rotatable bonds is 8. The van der Waals surface area contributed by atoms with Gasteiger partial charge < -0.3 is 10.4 Å². The maximum Gasteiger partial charge on any atom is 0.303 e. The number of carboxylic acid groups (broad SMARTS) is 1. The van der Waals surface area contributed by atoms with Gasteiger partial charge >= 0.3 is 5.97 Å². The van der Waals surface area contributed by atoms with Crippen LogP contribution in [0.1, 0.15) is 26.7 Å². The Morgan fingerprint density at radius 1 is 1.43 bits per heavy atom. The first kappa shape index (κ1) is 17.4. The number of pyridine rings is 1. The second kappa shape index (κ2) is 7.40. The number of anilines is 1. The van der Waals surface area contributed by atoms with Gasteiger partial charge in [0, 0.05) is 25.4 Å². The first-order valence-electron chi connectivity index (χ1n) is 6.81. The van der Waals surface area contributed by atoms with Crippen LogP contribution in [0, 0.1) is 11.8 Å². The van der Waals surface area contributed by atoms with Gasteiger partial charge in [-0.15, -0.1) is 0 Å². The van der Waals surface area contributed by atoms with Crippen molar-refractivity contribution in [3.63, 3.8) is 0 Å². The molecule has 0 spiro atoms. The highest BCUT2D eigenvalue weighted by Crippen LogP contribution is 2.20. The molecule has 1 unspecified atom stereocenters. The zero-order valence-corrected chi connectivity index (χ0v) is 13.4. The molecule has 0 fully saturated rings. The number of sulfone groups is 1. The highest BCUT2D eigenvalue weighted by Gasteiger charge is 2.18. The molecular weight excluding hydrogens is 292 g/mol. The largest absolute Gasteiger partial charge is 0.481 e. The lowest BCUT2D eigenvalue weighted by molar-refractivity contribution is -0.138. The number of carboxylic acids is 1. The summed E-state index contributed by atoms with van der Waals surface area (Å²) in [5, 5.41) is 11.9. The molecule has 0 aromatic carbocycles. The summed E-state index contributed by atoms with van der Waals surface area (Å²) in [6.45, 7) is 4.43. The number of aromatic nitrogens is 1. The van der Waals surface area contributed by atoms with Gasteiger partial charge in [0.2, 0.25) is 0 Å². The van der Waals surface area contributed by atoms with E-state index < -0.39 is 15.8 Å². The van der Waals surface area contributed by atoms with Crippen LogP contribution in [0.5, 0.6) is 0 Å². The van der Waals surface area contributed by atoms with Crippen LogP contribution >= 0.6 is 0 Å². The monoisotopic (exact) mass is 314 g/mol. The molecule has 7 heteroatoms. The van der Waals surface area contributed by atoms with Gasteiger partial charge in [-0.25, -0.2) is 13.4 Å². The summed E-state index contributed by atoms with van der Waals surface area (Å²) in [5.74, 6) is -0.280. The Labute approximate surface area is 125 Å². The molecule has 1 rings (SSSR count). The molecule has 2 N–H and O–H groups in total. The molecule has 1 atom stereocenters. The maximum atomic E-state index is 11.7. The van der Waals surface area contributed by atoms with Gasteiger partial charge in [-0.3, -0.25) is 4.79 Å².